The molecule has 0 bridgehead atoms. The fraction of sp³-hybridized carbons (Fsp3) is 0.182. The van der Waals surface area contributed by atoms with Crippen molar-refractivity contribution in [3.63, 3.8) is 0 Å². The van der Waals surface area contributed by atoms with E-state index < -0.39 is 23.7 Å². The summed E-state index contributed by atoms with van der Waals surface area (Å²) >= 11 is 0. The average Bonchev–Trinajstić information content (AvgIpc) is 2.66. The molecule has 0 spiro atoms. The van der Waals surface area contributed by atoms with Gasteiger partial charge >= 0.3 is 12.1 Å². The summed E-state index contributed by atoms with van der Waals surface area (Å²) in [5, 5.41) is 3.71. The maximum absolute atomic E-state index is 12.0. The molecular weight excluding hydrogens is 293 g/mol. The molecule has 0 saturated carbocycles. The number of amides is 1. The van der Waals surface area contributed by atoms with E-state index in [1.54, 1.807) is 0 Å². The van der Waals surface area contributed by atoms with E-state index >= 15 is 0 Å². The van der Waals surface area contributed by atoms with Gasteiger partial charge in [-0.05, 0) is 24.3 Å². The number of aromatic nitrogens is 3. The molecule has 2 aromatic rings. The largest absolute Gasteiger partial charge is 0.573 e. The Morgan fingerprint density at radius 3 is 2.29 bits per heavy atom. The normalized spacial score (nSPS) is 11.4. The summed E-state index contributed by atoms with van der Waals surface area (Å²) in [4.78, 5) is 22.9. The molecular formula is C11H9F3N4O3. The van der Waals surface area contributed by atoms with Crippen molar-refractivity contribution < 1.29 is 22.7 Å². The summed E-state index contributed by atoms with van der Waals surface area (Å²) < 4.78 is 41.6. The zero-order valence-corrected chi connectivity index (χ0v) is 10.6. The van der Waals surface area contributed by atoms with Gasteiger partial charge in [-0.25, -0.2) is 4.79 Å². The van der Waals surface area contributed by atoms with Gasteiger partial charge in [-0.3, -0.25) is 9.36 Å². The summed E-state index contributed by atoms with van der Waals surface area (Å²) in [6, 6.07) is 4.43. The number of nitrogens with zero attached hydrogens (tertiary/aromatic N) is 3. The Kier molecular flexibility index (Phi) is 3.45. The Morgan fingerprint density at radius 2 is 1.86 bits per heavy atom. The van der Waals surface area contributed by atoms with Crippen LogP contribution in [0.2, 0.25) is 0 Å². The van der Waals surface area contributed by atoms with E-state index in [1.807, 2.05) is 0 Å². The van der Waals surface area contributed by atoms with Gasteiger partial charge < -0.3 is 10.5 Å². The van der Waals surface area contributed by atoms with Gasteiger partial charge in [0, 0.05) is 7.05 Å². The van der Waals surface area contributed by atoms with Crippen LogP contribution in [0.3, 0.4) is 0 Å². The summed E-state index contributed by atoms with van der Waals surface area (Å²) in [6.07, 6.45) is -4.80. The summed E-state index contributed by atoms with van der Waals surface area (Å²) in [5.74, 6) is -1.61. The Morgan fingerprint density at radius 1 is 1.29 bits per heavy atom. The molecule has 2 N–H and O–H groups in total. The molecule has 0 aliphatic heterocycles. The monoisotopic (exact) mass is 302 g/mol. The third-order valence-corrected chi connectivity index (χ3v) is 2.52. The molecule has 0 fully saturated rings. The Labute approximate surface area is 115 Å². The highest BCUT2D eigenvalue weighted by Crippen LogP contribution is 2.23. The zero-order valence-electron chi connectivity index (χ0n) is 10.6. The van der Waals surface area contributed by atoms with E-state index in [4.69, 9.17) is 5.73 Å². The topological polar surface area (TPSA) is 92.1 Å². The standard InChI is InChI=1S/C11H9F3N4O3/c1-17-9(8(15)19)16-18(10(17)20)6-2-4-7(5-3-6)21-11(12,13)14/h2-5H,1H3,(H2,15,19). The number of nitrogens with two attached hydrogens (primary N) is 1. The van der Waals surface area contributed by atoms with E-state index in [1.165, 1.54) is 19.2 Å². The minimum absolute atomic E-state index is 0.164. The second-order valence-electron chi connectivity index (χ2n) is 3.98. The highest BCUT2D eigenvalue weighted by atomic mass is 19.4. The second-order valence-corrected chi connectivity index (χ2v) is 3.98. The molecule has 1 heterocycles. The quantitative estimate of drug-likeness (QED) is 0.897. The van der Waals surface area contributed by atoms with Gasteiger partial charge in [-0.1, -0.05) is 0 Å². The first kappa shape index (κ1) is 14.6. The Bertz CT molecular complexity index is 731. The zero-order chi connectivity index (χ0) is 15.8. The average molecular weight is 302 g/mol. The Balaban J connectivity index is 2.38. The molecule has 7 nitrogen and oxygen atoms in total. The molecule has 1 aromatic carbocycles. The van der Waals surface area contributed by atoms with Crippen LogP contribution in [0.25, 0.3) is 5.69 Å². The lowest BCUT2D eigenvalue weighted by atomic mass is 10.3. The first-order valence-electron chi connectivity index (χ1n) is 5.51. The molecule has 0 radical (unpaired) electrons. The first-order valence-corrected chi connectivity index (χ1v) is 5.51. The molecule has 1 aromatic heterocycles. The summed E-state index contributed by atoms with van der Waals surface area (Å²) in [5.41, 5.74) is 4.55. The SMILES string of the molecule is Cn1c(C(N)=O)nn(-c2ccc(OC(F)(F)F)cc2)c1=O. The van der Waals surface area contributed by atoms with Gasteiger partial charge in [-0.15, -0.1) is 18.3 Å². The molecule has 21 heavy (non-hydrogen) atoms. The lowest BCUT2D eigenvalue weighted by molar-refractivity contribution is -0.274. The third-order valence-electron chi connectivity index (χ3n) is 2.52. The fourth-order valence-electron chi connectivity index (χ4n) is 1.61. The smallest absolute Gasteiger partial charge is 0.406 e. The van der Waals surface area contributed by atoms with Crippen LogP contribution >= 0.6 is 0 Å². The molecule has 1 amide bonds. The maximum atomic E-state index is 12.0. The Hall–Kier alpha value is -2.78. The van der Waals surface area contributed by atoms with Gasteiger partial charge in [0.25, 0.3) is 5.91 Å². The number of alkyl halides is 3. The number of carbonyl (C=O) groups excluding carboxylic acids is 1. The molecule has 10 heteroatoms. The van der Waals surface area contributed by atoms with Gasteiger partial charge in [0.05, 0.1) is 5.69 Å². The first-order chi connectivity index (χ1) is 9.69. The molecule has 0 saturated heterocycles. The lowest BCUT2D eigenvalue weighted by Gasteiger charge is -2.08. The molecule has 2 rings (SSSR count). The summed E-state index contributed by atoms with van der Waals surface area (Å²) in [6.45, 7) is 0. The van der Waals surface area contributed by atoms with Crippen molar-refractivity contribution in [2.45, 2.75) is 6.36 Å². The van der Waals surface area contributed by atoms with E-state index in [9.17, 15) is 22.8 Å². The van der Waals surface area contributed by atoms with Crippen LogP contribution in [0.5, 0.6) is 5.75 Å². The van der Waals surface area contributed by atoms with Crippen LogP contribution in [-0.2, 0) is 7.05 Å². The van der Waals surface area contributed by atoms with Crippen molar-refractivity contribution in [3.8, 4) is 11.4 Å². The number of hydrogen-bond acceptors (Lipinski definition) is 4. The second kappa shape index (κ2) is 4.96. The molecule has 112 valence electrons. The van der Waals surface area contributed by atoms with E-state index in [0.717, 1.165) is 21.4 Å². The highest BCUT2D eigenvalue weighted by molar-refractivity contribution is 5.88. The summed E-state index contributed by atoms with van der Waals surface area (Å²) in [7, 11) is 1.30. The van der Waals surface area contributed by atoms with Crippen molar-refractivity contribution in [1.82, 2.24) is 14.3 Å². The van der Waals surface area contributed by atoms with Crippen molar-refractivity contribution in [3.05, 3.63) is 40.6 Å². The van der Waals surface area contributed by atoms with Crippen LogP contribution in [0.15, 0.2) is 29.1 Å². The van der Waals surface area contributed by atoms with Gasteiger partial charge in [-0.2, -0.15) is 4.68 Å². The predicted molar refractivity (Wildman–Crippen MR) is 64.0 cm³/mol. The number of halogens is 3. The van der Waals surface area contributed by atoms with E-state index in [0.29, 0.717) is 0 Å². The molecule has 0 unspecified atom stereocenters. The van der Waals surface area contributed by atoms with Crippen LogP contribution in [0.1, 0.15) is 10.6 Å². The number of ether oxygens (including phenoxy) is 1. The lowest BCUT2D eigenvalue weighted by Crippen LogP contribution is -2.24. The van der Waals surface area contributed by atoms with Crippen molar-refractivity contribution in [2.24, 2.45) is 12.8 Å². The molecule has 0 aliphatic carbocycles. The van der Waals surface area contributed by atoms with Crippen molar-refractivity contribution in [1.29, 1.82) is 0 Å². The van der Waals surface area contributed by atoms with Gasteiger partial charge in [0.2, 0.25) is 5.82 Å². The fourth-order valence-corrected chi connectivity index (χ4v) is 1.61. The van der Waals surface area contributed by atoms with Crippen LogP contribution in [0, 0.1) is 0 Å². The third kappa shape index (κ3) is 3.04. The van der Waals surface area contributed by atoms with Gasteiger partial charge in [0.1, 0.15) is 5.75 Å². The molecule has 0 atom stereocenters. The van der Waals surface area contributed by atoms with Crippen LogP contribution in [0.4, 0.5) is 13.2 Å². The van der Waals surface area contributed by atoms with Crippen molar-refractivity contribution in [2.75, 3.05) is 0 Å². The predicted octanol–water partition coefficient (Wildman–Crippen LogP) is 0.568. The minimum Gasteiger partial charge on any atom is -0.406 e. The highest BCUT2D eigenvalue weighted by Gasteiger charge is 2.31. The van der Waals surface area contributed by atoms with Crippen LogP contribution < -0.4 is 16.2 Å². The number of primary amides is 1. The number of carbonyl (C=O) groups is 1. The van der Waals surface area contributed by atoms with E-state index in [2.05, 4.69) is 9.84 Å². The maximum Gasteiger partial charge on any atom is 0.573 e. The van der Waals surface area contributed by atoms with Gasteiger partial charge in [0.15, 0.2) is 0 Å². The minimum atomic E-state index is -4.80. The number of benzene rings is 1. The number of hydrogen-bond donors (Lipinski definition) is 1. The molecule has 0 aliphatic rings. The van der Waals surface area contributed by atoms with E-state index in [-0.39, 0.29) is 11.5 Å². The van der Waals surface area contributed by atoms with Crippen LogP contribution in [-0.4, -0.2) is 26.6 Å². The van der Waals surface area contributed by atoms with Crippen molar-refractivity contribution >= 4 is 5.91 Å². The number of rotatable bonds is 3.